The van der Waals surface area contributed by atoms with Gasteiger partial charge in [-0.15, -0.1) is 0 Å². The lowest BCUT2D eigenvalue weighted by atomic mass is 10.1. The number of imidazole rings is 1. The predicted molar refractivity (Wildman–Crippen MR) is 117 cm³/mol. The maximum absolute atomic E-state index is 12.9. The summed E-state index contributed by atoms with van der Waals surface area (Å²) in [6.07, 6.45) is 6.79. The van der Waals surface area contributed by atoms with Crippen molar-refractivity contribution in [1.29, 1.82) is 0 Å². The Morgan fingerprint density at radius 1 is 1.00 bits per heavy atom. The third-order valence-corrected chi connectivity index (χ3v) is 6.48. The zero-order chi connectivity index (χ0) is 20.7. The first kappa shape index (κ1) is 21.3. The van der Waals surface area contributed by atoms with E-state index in [9.17, 15) is 8.42 Å². The molecule has 3 aromatic rings. The number of rotatable bonds is 10. The molecule has 1 atom stereocenters. The lowest BCUT2D eigenvalue weighted by molar-refractivity contribution is 0.507. The number of nitrogens with zero attached hydrogens (tertiary/aromatic N) is 1. The van der Waals surface area contributed by atoms with Gasteiger partial charge in [0.25, 0.3) is 0 Å². The molecule has 0 aliphatic carbocycles. The molecule has 0 saturated carbocycles. The van der Waals surface area contributed by atoms with Crippen molar-refractivity contribution < 1.29 is 8.42 Å². The zero-order valence-electron chi connectivity index (χ0n) is 17.1. The van der Waals surface area contributed by atoms with Gasteiger partial charge in [-0.05, 0) is 25.5 Å². The minimum Gasteiger partial charge on any atom is -0.341 e. The number of unbranched alkanes of at least 4 members (excludes halogenated alkanes) is 3. The molecule has 0 fully saturated rings. The van der Waals surface area contributed by atoms with Crippen LogP contribution in [0.1, 0.15) is 56.3 Å². The summed E-state index contributed by atoms with van der Waals surface area (Å²) in [5, 5.41) is 0. The van der Waals surface area contributed by atoms with Gasteiger partial charge in [0.05, 0.1) is 22.8 Å². The molecule has 3 rings (SSSR count). The fourth-order valence-electron chi connectivity index (χ4n) is 3.28. The average molecular weight is 412 g/mol. The maximum Gasteiger partial charge on any atom is 0.241 e. The number of hydrogen-bond acceptors (Lipinski definition) is 3. The fourth-order valence-corrected chi connectivity index (χ4v) is 4.53. The van der Waals surface area contributed by atoms with Crippen LogP contribution < -0.4 is 4.72 Å². The van der Waals surface area contributed by atoms with Crippen LogP contribution in [0.2, 0.25) is 0 Å². The van der Waals surface area contributed by atoms with E-state index in [1.54, 1.807) is 18.3 Å². The minimum atomic E-state index is -3.62. The predicted octanol–water partition coefficient (Wildman–Crippen LogP) is 5.38. The Balaban J connectivity index is 1.82. The third-order valence-electron chi connectivity index (χ3n) is 4.99. The highest BCUT2D eigenvalue weighted by Crippen LogP contribution is 2.24. The normalized spacial score (nSPS) is 12.8. The molecule has 29 heavy (non-hydrogen) atoms. The highest BCUT2D eigenvalue weighted by Gasteiger charge is 2.23. The van der Waals surface area contributed by atoms with E-state index in [-0.39, 0.29) is 10.9 Å². The number of nitrogens with one attached hydrogen (secondary N) is 2. The Morgan fingerprint density at radius 2 is 1.72 bits per heavy atom. The topological polar surface area (TPSA) is 74.8 Å². The molecule has 0 aliphatic rings. The van der Waals surface area contributed by atoms with Gasteiger partial charge in [0.1, 0.15) is 5.82 Å². The molecule has 2 N–H and O–H groups in total. The number of hydrogen-bond donors (Lipinski definition) is 2. The summed E-state index contributed by atoms with van der Waals surface area (Å²) in [5.41, 5.74) is 2.79. The molecule has 0 saturated heterocycles. The molecule has 6 heteroatoms. The summed E-state index contributed by atoms with van der Waals surface area (Å²) in [6.45, 7) is 4.11. The van der Waals surface area contributed by atoms with Crippen molar-refractivity contribution >= 4 is 10.0 Å². The SMILES string of the molecule is CCCCCC[C@@H](NS(=O)(=O)c1ccc(C)cc1)c1cnc(-c2ccccc2)[nH]1. The van der Waals surface area contributed by atoms with Crippen molar-refractivity contribution in [2.24, 2.45) is 0 Å². The second-order valence-electron chi connectivity index (χ2n) is 7.39. The van der Waals surface area contributed by atoms with Crippen molar-refractivity contribution in [2.45, 2.75) is 56.9 Å². The van der Waals surface area contributed by atoms with Gasteiger partial charge in [-0.2, -0.15) is 0 Å². The van der Waals surface area contributed by atoms with Crippen LogP contribution in [0.4, 0.5) is 0 Å². The lowest BCUT2D eigenvalue weighted by Crippen LogP contribution is -2.29. The van der Waals surface area contributed by atoms with E-state index < -0.39 is 10.0 Å². The standard InChI is InChI=1S/C23H29N3O2S/c1-3-4-5-9-12-21(26-29(27,28)20-15-13-18(2)14-16-20)22-17-24-23(25-22)19-10-7-6-8-11-19/h6-8,10-11,13-17,21,26H,3-5,9,12H2,1-2H3,(H,24,25)/t21-/m1/s1. The van der Waals surface area contributed by atoms with Crippen LogP contribution in [0.3, 0.4) is 0 Å². The van der Waals surface area contributed by atoms with Crippen LogP contribution in [-0.4, -0.2) is 18.4 Å². The second-order valence-corrected chi connectivity index (χ2v) is 9.10. The maximum atomic E-state index is 12.9. The number of benzene rings is 2. The van der Waals surface area contributed by atoms with E-state index in [4.69, 9.17) is 0 Å². The Morgan fingerprint density at radius 3 is 2.41 bits per heavy atom. The number of aryl methyl sites for hydroxylation is 1. The van der Waals surface area contributed by atoms with Gasteiger partial charge in [-0.25, -0.2) is 18.1 Å². The molecular weight excluding hydrogens is 382 g/mol. The van der Waals surface area contributed by atoms with Crippen molar-refractivity contribution in [3.63, 3.8) is 0 Å². The summed E-state index contributed by atoms with van der Waals surface area (Å²) < 4.78 is 28.8. The molecule has 0 aliphatic heterocycles. The minimum absolute atomic E-state index is 0.282. The molecule has 154 valence electrons. The second kappa shape index (κ2) is 9.85. The molecule has 0 amide bonds. The molecule has 0 unspecified atom stereocenters. The highest BCUT2D eigenvalue weighted by molar-refractivity contribution is 7.89. The van der Waals surface area contributed by atoms with Crippen LogP contribution in [0.15, 0.2) is 65.7 Å². The molecule has 0 bridgehead atoms. The smallest absolute Gasteiger partial charge is 0.241 e. The monoisotopic (exact) mass is 411 g/mol. The van der Waals surface area contributed by atoms with Gasteiger partial charge in [0.15, 0.2) is 0 Å². The number of sulfonamides is 1. The molecule has 1 heterocycles. The van der Waals surface area contributed by atoms with Crippen molar-refractivity contribution in [3.05, 3.63) is 72.1 Å². The van der Waals surface area contributed by atoms with Gasteiger partial charge >= 0.3 is 0 Å². The summed E-state index contributed by atoms with van der Waals surface area (Å²) in [4.78, 5) is 8.07. The van der Waals surface area contributed by atoms with E-state index in [1.165, 1.54) is 0 Å². The number of H-pyrrole nitrogens is 1. The van der Waals surface area contributed by atoms with Gasteiger partial charge in [0, 0.05) is 5.56 Å². The highest BCUT2D eigenvalue weighted by atomic mass is 32.2. The van der Waals surface area contributed by atoms with Gasteiger partial charge in [-0.1, -0.05) is 80.6 Å². The number of aromatic amines is 1. The summed E-state index contributed by atoms with van der Waals surface area (Å²) in [5.74, 6) is 0.744. The van der Waals surface area contributed by atoms with Gasteiger partial charge < -0.3 is 4.98 Å². The Bertz CT molecular complexity index is 996. The summed E-state index contributed by atoms with van der Waals surface area (Å²) in [7, 11) is -3.62. The van der Waals surface area contributed by atoms with Crippen LogP contribution in [0.5, 0.6) is 0 Å². The molecule has 0 spiro atoms. The number of aromatic nitrogens is 2. The third kappa shape index (κ3) is 5.78. The molecule has 1 aromatic heterocycles. The largest absolute Gasteiger partial charge is 0.341 e. The van der Waals surface area contributed by atoms with Crippen LogP contribution >= 0.6 is 0 Å². The molecule has 5 nitrogen and oxygen atoms in total. The van der Waals surface area contributed by atoms with Crippen molar-refractivity contribution in [1.82, 2.24) is 14.7 Å². The van der Waals surface area contributed by atoms with E-state index in [2.05, 4.69) is 21.6 Å². The zero-order valence-corrected chi connectivity index (χ0v) is 17.9. The Labute approximate surface area is 173 Å². The van der Waals surface area contributed by atoms with Crippen molar-refractivity contribution in [3.8, 4) is 11.4 Å². The molecule has 0 radical (unpaired) electrons. The van der Waals surface area contributed by atoms with Gasteiger partial charge in [0.2, 0.25) is 10.0 Å². The Hall–Kier alpha value is -2.44. The Kier molecular flexibility index (Phi) is 7.23. The summed E-state index contributed by atoms with van der Waals surface area (Å²) >= 11 is 0. The lowest BCUT2D eigenvalue weighted by Gasteiger charge is -2.18. The van der Waals surface area contributed by atoms with E-state index in [0.29, 0.717) is 0 Å². The van der Waals surface area contributed by atoms with E-state index >= 15 is 0 Å². The van der Waals surface area contributed by atoms with E-state index in [0.717, 1.165) is 54.7 Å². The van der Waals surface area contributed by atoms with Crippen LogP contribution in [0.25, 0.3) is 11.4 Å². The molecule has 2 aromatic carbocycles. The molecular formula is C23H29N3O2S. The van der Waals surface area contributed by atoms with Crippen LogP contribution in [0, 0.1) is 6.92 Å². The quantitative estimate of drug-likeness (QED) is 0.440. The first-order chi connectivity index (χ1) is 14.0. The fraction of sp³-hybridized carbons (Fsp3) is 0.348. The first-order valence-electron chi connectivity index (χ1n) is 10.2. The van der Waals surface area contributed by atoms with E-state index in [1.807, 2.05) is 49.4 Å². The van der Waals surface area contributed by atoms with Crippen LogP contribution in [-0.2, 0) is 10.0 Å². The average Bonchev–Trinajstić information content (AvgIpc) is 3.21. The van der Waals surface area contributed by atoms with Crippen molar-refractivity contribution in [2.75, 3.05) is 0 Å². The first-order valence-corrected chi connectivity index (χ1v) is 11.7. The van der Waals surface area contributed by atoms with Gasteiger partial charge in [-0.3, -0.25) is 0 Å². The summed E-state index contributed by atoms with van der Waals surface area (Å²) in [6, 6.07) is 16.4.